The quantitative estimate of drug-likeness (QED) is 0.573. The maximum Gasteiger partial charge on any atom is 0.257 e. The monoisotopic (exact) mass is 436 g/mol. The Hall–Kier alpha value is -1.41. The zero-order valence-corrected chi connectivity index (χ0v) is 18.4. The first kappa shape index (κ1) is 22.8. The Morgan fingerprint density at radius 3 is 2.61 bits per heavy atom. The van der Waals surface area contributed by atoms with Crippen LogP contribution in [0.2, 0.25) is 0 Å². The van der Waals surface area contributed by atoms with Crippen LogP contribution in [-0.4, -0.2) is 51.2 Å². The van der Waals surface area contributed by atoms with Gasteiger partial charge in [-0.05, 0) is 75.4 Å². The lowest BCUT2D eigenvalue weighted by atomic mass is 9.47. The maximum atomic E-state index is 14.1. The van der Waals surface area contributed by atoms with Crippen molar-refractivity contribution < 1.29 is 34.0 Å². The molecule has 172 valence electrons. The number of rotatable bonds is 5. The summed E-state index contributed by atoms with van der Waals surface area (Å²) in [5.41, 5.74) is -1.26. The SMILES string of the molecule is CC(F)(OCC(=O)[C@@]1(O)CC[C@H]2[C@@H]3CCC4=CC(=O)C=C[C@]4(C)[C@H]3CC[C@@]21C)C(O)O. The first-order valence-electron chi connectivity index (χ1n) is 11.2. The van der Waals surface area contributed by atoms with Crippen LogP contribution >= 0.6 is 0 Å². The first-order valence-corrected chi connectivity index (χ1v) is 11.2. The Bertz CT molecular complexity index is 847. The molecule has 4 aliphatic rings. The van der Waals surface area contributed by atoms with Crippen LogP contribution in [0, 0.1) is 28.6 Å². The van der Waals surface area contributed by atoms with E-state index < -0.39 is 35.6 Å². The van der Waals surface area contributed by atoms with Crippen molar-refractivity contribution in [1.29, 1.82) is 0 Å². The standard InChI is InChI=1S/C24H33FO6/c1-21-9-6-15(26)12-14(21)4-5-16-17(21)7-10-22(2)18(16)8-11-24(22,30)19(27)13-31-23(3,25)20(28)29/h6,9,12,16-18,20,28-30H,4-5,7-8,10-11,13H2,1-3H3/t16-,17+,18+,21+,22+,23?,24+/m1/s1. The lowest BCUT2D eigenvalue weighted by molar-refractivity contribution is -0.263. The molecule has 7 atom stereocenters. The highest BCUT2D eigenvalue weighted by Gasteiger charge is 2.66. The van der Waals surface area contributed by atoms with Crippen LogP contribution < -0.4 is 0 Å². The van der Waals surface area contributed by atoms with Gasteiger partial charge >= 0.3 is 0 Å². The molecule has 0 bridgehead atoms. The van der Waals surface area contributed by atoms with Gasteiger partial charge in [-0.1, -0.05) is 25.5 Å². The summed E-state index contributed by atoms with van der Waals surface area (Å²) in [5.74, 6) is -2.53. The van der Waals surface area contributed by atoms with Crippen molar-refractivity contribution in [3.8, 4) is 0 Å². The van der Waals surface area contributed by atoms with E-state index in [0.717, 1.165) is 26.2 Å². The van der Waals surface area contributed by atoms with Crippen molar-refractivity contribution in [1.82, 2.24) is 0 Å². The van der Waals surface area contributed by atoms with Gasteiger partial charge in [-0.2, -0.15) is 0 Å². The van der Waals surface area contributed by atoms with Gasteiger partial charge < -0.3 is 20.1 Å². The minimum absolute atomic E-state index is 0.0419. The second-order valence-electron chi connectivity index (χ2n) is 10.5. The Labute approximate surface area is 182 Å². The molecular formula is C24H33FO6. The minimum atomic E-state index is -2.78. The van der Waals surface area contributed by atoms with Crippen molar-refractivity contribution in [2.24, 2.45) is 28.6 Å². The van der Waals surface area contributed by atoms with Gasteiger partial charge in [0, 0.05) is 10.8 Å². The van der Waals surface area contributed by atoms with Crippen LogP contribution in [0.4, 0.5) is 4.39 Å². The van der Waals surface area contributed by atoms with Gasteiger partial charge in [0.2, 0.25) is 6.29 Å². The largest absolute Gasteiger partial charge is 0.381 e. The highest BCUT2D eigenvalue weighted by molar-refractivity contribution is 6.01. The summed E-state index contributed by atoms with van der Waals surface area (Å²) in [4.78, 5) is 24.9. The summed E-state index contributed by atoms with van der Waals surface area (Å²) in [6.45, 7) is 4.29. The van der Waals surface area contributed by atoms with Crippen LogP contribution in [0.5, 0.6) is 0 Å². The topological polar surface area (TPSA) is 104 Å². The van der Waals surface area contributed by atoms with Crippen LogP contribution in [0.1, 0.15) is 59.3 Å². The van der Waals surface area contributed by atoms with E-state index in [1.54, 1.807) is 12.2 Å². The molecule has 3 saturated carbocycles. The van der Waals surface area contributed by atoms with Gasteiger partial charge in [0.25, 0.3) is 5.85 Å². The van der Waals surface area contributed by atoms with Crippen molar-refractivity contribution >= 4 is 11.6 Å². The number of halogens is 1. The van der Waals surface area contributed by atoms with E-state index in [-0.39, 0.29) is 23.5 Å². The maximum absolute atomic E-state index is 14.1. The Morgan fingerprint density at radius 2 is 1.94 bits per heavy atom. The van der Waals surface area contributed by atoms with Gasteiger partial charge in [-0.3, -0.25) is 9.59 Å². The number of aliphatic hydroxyl groups is 3. The molecule has 0 amide bonds. The van der Waals surface area contributed by atoms with Gasteiger partial charge in [0.1, 0.15) is 12.2 Å². The highest BCUT2D eigenvalue weighted by atomic mass is 19.2. The lowest BCUT2D eigenvalue weighted by Gasteiger charge is -2.57. The number of alkyl halides is 1. The first-order chi connectivity index (χ1) is 14.3. The van der Waals surface area contributed by atoms with Crippen molar-refractivity contribution in [3.05, 3.63) is 23.8 Å². The Morgan fingerprint density at radius 1 is 1.26 bits per heavy atom. The molecule has 4 aliphatic carbocycles. The van der Waals surface area contributed by atoms with Gasteiger partial charge in [-0.15, -0.1) is 0 Å². The minimum Gasteiger partial charge on any atom is -0.381 e. The van der Waals surface area contributed by atoms with E-state index in [4.69, 9.17) is 14.9 Å². The molecule has 3 N–H and O–H groups in total. The van der Waals surface area contributed by atoms with Crippen molar-refractivity contribution in [2.45, 2.75) is 77.0 Å². The van der Waals surface area contributed by atoms with Crippen LogP contribution in [-0.2, 0) is 14.3 Å². The molecule has 3 fully saturated rings. The molecular weight excluding hydrogens is 403 g/mol. The number of fused-ring (bicyclic) bond motifs is 5. The summed E-state index contributed by atoms with van der Waals surface area (Å²) in [6, 6.07) is 0. The molecule has 6 nitrogen and oxygen atoms in total. The summed E-state index contributed by atoms with van der Waals surface area (Å²) in [7, 11) is 0. The molecule has 0 aromatic carbocycles. The molecule has 0 heterocycles. The smallest absolute Gasteiger partial charge is 0.257 e. The van der Waals surface area contributed by atoms with E-state index in [9.17, 15) is 19.1 Å². The number of aliphatic hydroxyl groups excluding tert-OH is 1. The van der Waals surface area contributed by atoms with Crippen molar-refractivity contribution in [2.75, 3.05) is 6.61 Å². The predicted octanol–water partition coefficient (Wildman–Crippen LogP) is 2.61. The third kappa shape index (κ3) is 3.27. The molecule has 1 unspecified atom stereocenters. The number of ketones is 2. The zero-order valence-electron chi connectivity index (χ0n) is 18.4. The number of ether oxygens (including phenoxy) is 1. The fourth-order valence-corrected chi connectivity index (χ4v) is 7.07. The highest BCUT2D eigenvalue weighted by Crippen LogP contribution is 2.67. The summed E-state index contributed by atoms with van der Waals surface area (Å²) in [5, 5.41) is 29.7. The van der Waals surface area contributed by atoms with Gasteiger partial charge in [0.15, 0.2) is 11.6 Å². The summed E-state index contributed by atoms with van der Waals surface area (Å²) in [6.07, 6.45) is 7.35. The second-order valence-corrected chi connectivity index (χ2v) is 10.5. The summed E-state index contributed by atoms with van der Waals surface area (Å²) >= 11 is 0. The second kappa shape index (κ2) is 7.30. The Kier molecular flexibility index (Phi) is 5.36. The van der Waals surface area contributed by atoms with Gasteiger partial charge in [-0.25, -0.2) is 4.39 Å². The number of carbonyl (C=O) groups excluding carboxylic acids is 2. The van der Waals surface area contributed by atoms with E-state index in [2.05, 4.69) is 6.92 Å². The fraction of sp³-hybridized carbons (Fsp3) is 0.750. The zero-order chi connectivity index (χ0) is 22.8. The number of Topliss-reactive ketones (excluding diaryl/α,β-unsaturated/α-hetero) is 1. The van der Waals surface area contributed by atoms with E-state index >= 15 is 0 Å². The van der Waals surface area contributed by atoms with E-state index in [1.807, 2.05) is 13.0 Å². The molecule has 4 rings (SSSR count). The molecule has 7 heteroatoms. The third-order valence-electron chi connectivity index (χ3n) is 9.12. The van der Waals surface area contributed by atoms with Gasteiger partial charge in [0.05, 0.1) is 0 Å². The number of hydrogen-bond acceptors (Lipinski definition) is 6. The van der Waals surface area contributed by atoms with E-state index in [0.29, 0.717) is 24.7 Å². The number of hydrogen-bond donors (Lipinski definition) is 3. The molecule has 0 saturated heterocycles. The van der Waals surface area contributed by atoms with Crippen LogP contribution in [0.3, 0.4) is 0 Å². The number of allylic oxidation sites excluding steroid dienone is 4. The van der Waals surface area contributed by atoms with E-state index in [1.165, 1.54) is 5.57 Å². The predicted molar refractivity (Wildman–Crippen MR) is 110 cm³/mol. The lowest BCUT2D eigenvalue weighted by Crippen LogP contribution is -2.58. The molecule has 0 aromatic rings. The average Bonchev–Trinajstić information content (AvgIpc) is 2.99. The number of carbonyl (C=O) groups is 2. The molecule has 31 heavy (non-hydrogen) atoms. The summed E-state index contributed by atoms with van der Waals surface area (Å²) < 4.78 is 18.9. The van der Waals surface area contributed by atoms with Crippen molar-refractivity contribution in [3.63, 3.8) is 0 Å². The average molecular weight is 437 g/mol. The third-order valence-corrected chi connectivity index (χ3v) is 9.12. The molecule has 0 spiro atoms. The normalized spacial score (nSPS) is 43.7. The van der Waals surface area contributed by atoms with Crippen LogP contribution in [0.25, 0.3) is 0 Å². The molecule has 0 aliphatic heterocycles. The molecule has 0 radical (unpaired) electrons. The molecule has 0 aromatic heterocycles. The Balaban J connectivity index is 1.56. The van der Waals surface area contributed by atoms with Crippen LogP contribution in [0.15, 0.2) is 23.8 Å². The fourth-order valence-electron chi connectivity index (χ4n) is 7.07.